The molecule has 2 aliphatic rings. The lowest BCUT2D eigenvalue weighted by molar-refractivity contribution is -0.115. The second kappa shape index (κ2) is 7.12. The largest absolute Gasteiger partial charge is 0.493 e. The number of alkyl halides is 1. The molecule has 1 fully saturated rings. The van der Waals surface area contributed by atoms with E-state index < -0.39 is 12.3 Å². The van der Waals surface area contributed by atoms with E-state index in [0.717, 1.165) is 37.2 Å². The summed E-state index contributed by atoms with van der Waals surface area (Å²) in [6, 6.07) is 4.07. The van der Waals surface area contributed by atoms with E-state index >= 15 is 0 Å². The van der Waals surface area contributed by atoms with Crippen molar-refractivity contribution in [1.82, 2.24) is 4.90 Å². The van der Waals surface area contributed by atoms with Crippen LogP contribution in [0, 0.1) is 11.8 Å². The van der Waals surface area contributed by atoms with Crippen molar-refractivity contribution in [2.24, 2.45) is 11.8 Å². The van der Waals surface area contributed by atoms with Crippen LogP contribution in [0.3, 0.4) is 0 Å². The van der Waals surface area contributed by atoms with Crippen LogP contribution in [0.4, 0.5) is 4.39 Å². The van der Waals surface area contributed by atoms with Gasteiger partial charge in [0.05, 0.1) is 19.8 Å². The van der Waals surface area contributed by atoms with Crippen LogP contribution in [0.1, 0.15) is 43.9 Å². The molecule has 0 radical (unpaired) electrons. The predicted molar refractivity (Wildman–Crippen MR) is 96.1 cm³/mol. The van der Waals surface area contributed by atoms with Gasteiger partial charge in [0.2, 0.25) is 0 Å². The third-order valence-electron chi connectivity index (χ3n) is 5.86. The van der Waals surface area contributed by atoms with Crippen LogP contribution in [-0.4, -0.2) is 49.6 Å². The highest BCUT2D eigenvalue weighted by Gasteiger charge is 2.47. The smallest absolute Gasteiger partial charge is 0.161 e. The Morgan fingerprint density at radius 1 is 1.28 bits per heavy atom. The number of nitrogens with zero attached hydrogens (tertiary/aromatic N) is 1. The fourth-order valence-corrected chi connectivity index (χ4v) is 4.52. The molecule has 2 heterocycles. The number of ether oxygens (including phenoxy) is 2. The Hall–Kier alpha value is -1.33. The molecule has 0 aliphatic carbocycles. The zero-order chi connectivity index (χ0) is 18.2. The Labute approximate surface area is 149 Å². The fraction of sp³-hybridized carbons (Fsp3) is 0.700. The first kappa shape index (κ1) is 18.5. The van der Waals surface area contributed by atoms with Gasteiger partial charge in [-0.15, -0.1) is 0 Å². The Balaban J connectivity index is 1.95. The van der Waals surface area contributed by atoms with Gasteiger partial charge in [-0.2, -0.15) is 0 Å². The molecule has 0 aromatic heterocycles. The normalized spacial score (nSPS) is 29.2. The van der Waals surface area contributed by atoms with E-state index in [9.17, 15) is 9.50 Å². The maximum atomic E-state index is 13.8. The Kier molecular flexibility index (Phi) is 5.26. The molecule has 4 nitrogen and oxygen atoms in total. The summed E-state index contributed by atoms with van der Waals surface area (Å²) in [4.78, 5) is 2.41. The highest BCUT2D eigenvalue weighted by Crippen LogP contribution is 2.47. The number of fused-ring (bicyclic) bond motifs is 3. The minimum absolute atomic E-state index is 0.0181. The van der Waals surface area contributed by atoms with Crippen LogP contribution in [0.2, 0.25) is 0 Å². The van der Waals surface area contributed by atoms with Crippen LogP contribution in [0.25, 0.3) is 0 Å². The predicted octanol–water partition coefficient (Wildman–Crippen LogP) is 3.37. The zero-order valence-corrected chi connectivity index (χ0v) is 15.7. The monoisotopic (exact) mass is 351 g/mol. The van der Waals surface area contributed by atoms with Gasteiger partial charge in [-0.25, -0.2) is 4.39 Å². The van der Waals surface area contributed by atoms with E-state index in [0.29, 0.717) is 18.1 Å². The summed E-state index contributed by atoms with van der Waals surface area (Å²) in [7, 11) is 3.26. The first-order valence-corrected chi connectivity index (χ1v) is 9.19. The number of halogens is 1. The number of hydrogen-bond acceptors (Lipinski definition) is 4. The van der Waals surface area contributed by atoms with Crippen molar-refractivity contribution in [3.05, 3.63) is 23.3 Å². The molecule has 140 valence electrons. The van der Waals surface area contributed by atoms with E-state index in [1.165, 1.54) is 5.56 Å². The van der Waals surface area contributed by atoms with Crippen molar-refractivity contribution >= 4 is 0 Å². The second-order valence-electron chi connectivity index (χ2n) is 7.93. The van der Waals surface area contributed by atoms with E-state index in [1.54, 1.807) is 14.2 Å². The molecule has 5 heteroatoms. The van der Waals surface area contributed by atoms with Crippen molar-refractivity contribution in [3.63, 3.8) is 0 Å². The molecule has 0 spiro atoms. The van der Waals surface area contributed by atoms with Gasteiger partial charge in [0.15, 0.2) is 11.5 Å². The number of rotatable bonds is 5. The van der Waals surface area contributed by atoms with Crippen LogP contribution in [0.5, 0.6) is 11.5 Å². The van der Waals surface area contributed by atoms with Gasteiger partial charge in [-0.05, 0) is 48.4 Å². The fourth-order valence-electron chi connectivity index (χ4n) is 4.52. The Morgan fingerprint density at radius 3 is 2.56 bits per heavy atom. The molecule has 2 unspecified atom stereocenters. The van der Waals surface area contributed by atoms with E-state index in [2.05, 4.69) is 18.7 Å². The third kappa shape index (κ3) is 3.36. The Bertz CT molecular complexity index is 621. The SMILES string of the molecule is COc1cc2c(cc1OC)C1C[C@](O)(CF)C(CC(C)C)CN1CC2. The van der Waals surface area contributed by atoms with Crippen molar-refractivity contribution in [3.8, 4) is 11.5 Å². The number of benzene rings is 1. The molecule has 0 amide bonds. The maximum Gasteiger partial charge on any atom is 0.161 e. The average Bonchev–Trinajstić information content (AvgIpc) is 2.60. The van der Waals surface area contributed by atoms with Gasteiger partial charge < -0.3 is 14.6 Å². The van der Waals surface area contributed by atoms with Gasteiger partial charge in [-0.3, -0.25) is 4.90 Å². The molecule has 3 atom stereocenters. The molecule has 3 rings (SSSR count). The lowest BCUT2D eigenvalue weighted by Crippen LogP contribution is -2.56. The molecule has 1 N–H and O–H groups in total. The molecule has 25 heavy (non-hydrogen) atoms. The van der Waals surface area contributed by atoms with Crippen LogP contribution < -0.4 is 9.47 Å². The highest BCUT2D eigenvalue weighted by molar-refractivity contribution is 5.49. The third-order valence-corrected chi connectivity index (χ3v) is 5.86. The lowest BCUT2D eigenvalue weighted by Gasteiger charge is -2.51. The highest BCUT2D eigenvalue weighted by atomic mass is 19.1. The minimum Gasteiger partial charge on any atom is -0.493 e. The van der Waals surface area contributed by atoms with E-state index in [1.807, 2.05) is 12.1 Å². The number of methoxy groups -OCH3 is 2. The summed E-state index contributed by atoms with van der Waals surface area (Å²) < 4.78 is 24.7. The topological polar surface area (TPSA) is 41.9 Å². The van der Waals surface area contributed by atoms with Gasteiger partial charge in [-0.1, -0.05) is 13.8 Å². The summed E-state index contributed by atoms with van der Waals surface area (Å²) >= 11 is 0. The summed E-state index contributed by atoms with van der Waals surface area (Å²) in [6.45, 7) is 5.26. The van der Waals surface area contributed by atoms with Crippen molar-refractivity contribution in [2.45, 2.75) is 44.8 Å². The number of piperidine rings is 1. The second-order valence-corrected chi connectivity index (χ2v) is 7.93. The number of hydrogen-bond donors (Lipinski definition) is 1. The first-order chi connectivity index (χ1) is 11.9. The van der Waals surface area contributed by atoms with Crippen LogP contribution in [0.15, 0.2) is 12.1 Å². The molecular weight excluding hydrogens is 321 g/mol. The van der Waals surface area contributed by atoms with Crippen molar-refractivity contribution in [1.29, 1.82) is 0 Å². The first-order valence-electron chi connectivity index (χ1n) is 9.19. The standard InChI is InChI=1S/C20H30FNO3/c1-13(2)7-15-11-22-6-5-14-8-18(24-3)19(25-4)9-16(14)17(22)10-20(15,23)12-21/h8-9,13,15,17,23H,5-7,10-12H2,1-4H3/t15?,17?,20-/m0/s1. The minimum atomic E-state index is -1.24. The van der Waals surface area contributed by atoms with Crippen LogP contribution in [-0.2, 0) is 6.42 Å². The van der Waals surface area contributed by atoms with Gasteiger partial charge in [0.1, 0.15) is 6.67 Å². The van der Waals surface area contributed by atoms with E-state index in [-0.39, 0.29) is 12.0 Å². The molecule has 1 aromatic carbocycles. The summed E-state index contributed by atoms with van der Waals surface area (Å²) in [5, 5.41) is 11.0. The lowest BCUT2D eigenvalue weighted by atomic mass is 9.71. The summed E-state index contributed by atoms with van der Waals surface area (Å²) in [6.07, 6.45) is 2.22. The molecule has 2 aliphatic heterocycles. The van der Waals surface area contributed by atoms with Gasteiger partial charge >= 0.3 is 0 Å². The quantitative estimate of drug-likeness (QED) is 0.883. The van der Waals surface area contributed by atoms with Gasteiger partial charge in [0, 0.05) is 25.0 Å². The zero-order valence-electron chi connectivity index (χ0n) is 15.7. The average molecular weight is 351 g/mol. The van der Waals surface area contributed by atoms with Crippen LogP contribution >= 0.6 is 0 Å². The Morgan fingerprint density at radius 2 is 1.96 bits per heavy atom. The molecular formula is C20H30FNO3. The van der Waals surface area contributed by atoms with Crippen molar-refractivity contribution < 1.29 is 19.0 Å². The summed E-state index contributed by atoms with van der Waals surface area (Å²) in [5.74, 6) is 1.84. The maximum absolute atomic E-state index is 13.8. The molecule has 0 saturated carbocycles. The van der Waals surface area contributed by atoms with Gasteiger partial charge in [0.25, 0.3) is 0 Å². The van der Waals surface area contributed by atoms with E-state index in [4.69, 9.17) is 9.47 Å². The summed E-state index contributed by atoms with van der Waals surface area (Å²) in [5.41, 5.74) is 1.11. The molecule has 0 bridgehead atoms. The van der Waals surface area contributed by atoms with Crippen molar-refractivity contribution in [2.75, 3.05) is 34.0 Å². The number of aliphatic hydroxyl groups is 1. The molecule has 1 aromatic rings. The molecule has 1 saturated heterocycles.